The summed E-state index contributed by atoms with van der Waals surface area (Å²) in [5.74, 6) is 0.531. The molecule has 0 spiro atoms. The van der Waals surface area contributed by atoms with E-state index in [-0.39, 0.29) is 18.4 Å². The number of nitrogens with one attached hydrogen (secondary N) is 1. The minimum absolute atomic E-state index is 0.181. The van der Waals surface area contributed by atoms with E-state index in [4.69, 9.17) is 4.74 Å². The van der Waals surface area contributed by atoms with Gasteiger partial charge >= 0.3 is 0 Å². The molecule has 0 fully saturated rings. The Morgan fingerprint density at radius 3 is 2.18 bits per heavy atom. The molecule has 3 rings (SSSR count). The maximum absolute atomic E-state index is 13.8. The molecule has 0 unspecified atom stereocenters. The first-order valence-corrected chi connectivity index (χ1v) is 13.9. The summed E-state index contributed by atoms with van der Waals surface area (Å²) in [6, 6.07) is 23.0. The molecule has 1 N–H and O–H groups in total. The first-order valence-electron chi connectivity index (χ1n) is 13.1. The molecule has 0 aromatic heterocycles. The molecule has 38 heavy (non-hydrogen) atoms. The predicted octanol–water partition coefficient (Wildman–Crippen LogP) is 6.81. The van der Waals surface area contributed by atoms with E-state index in [1.807, 2.05) is 100 Å². The Bertz CT molecular complexity index is 1220. The number of hydrogen-bond donors (Lipinski definition) is 1. The van der Waals surface area contributed by atoms with Crippen LogP contribution in [0.1, 0.15) is 62.8 Å². The van der Waals surface area contributed by atoms with Crippen LogP contribution in [0.4, 0.5) is 0 Å². The van der Waals surface area contributed by atoms with Crippen molar-refractivity contribution >= 4 is 27.7 Å². The van der Waals surface area contributed by atoms with Crippen molar-refractivity contribution in [2.24, 2.45) is 0 Å². The third-order valence-corrected chi connectivity index (χ3v) is 6.84. The summed E-state index contributed by atoms with van der Waals surface area (Å²) in [5.41, 5.74) is 3.81. The number of benzene rings is 3. The lowest BCUT2D eigenvalue weighted by Gasteiger charge is -2.33. The van der Waals surface area contributed by atoms with Gasteiger partial charge in [0.25, 0.3) is 5.91 Å². The second-order valence-corrected chi connectivity index (χ2v) is 11.9. The van der Waals surface area contributed by atoms with Gasteiger partial charge in [-0.25, -0.2) is 0 Å². The van der Waals surface area contributed by atoms with Gasteiger partial charge in [0.2, 0.25) is 5.91 Å². The van der Waals surface area contributed by atoms with Crippen LogP contribution in [-0.2, 0) is 22.6 Å². The zero-order valence-corrected chi connectivity index (χ0v) is 24.8. The number of amides is 2. The number of rotatable bonds is 10. The highest BCUT2D eigenvalue weighted by Crippen LogP contribution is 2.29. The Balaban J connectivity index is 1.92. The van der Waals surface area contributed by atoms with Gasteiger partial charge in [0, 0.05) is 18.5 Å². The molecule has 0 radical (unpaired) electrons. The van der Waals surface area contributed by atoms with E-state index >= 15 is 0 Å². The first kappa shape index (κ1) is 29.4. The lowest BCUT2D eigenvalue weighted by Crippen LogP contribution is -2.55. The number of ether oxygens (including phenoxy) is 1. The van der Waals surface area contributed by atoms with Gasteiger partial charge in [-0.15, -0.1) is 0 Å². The van der Waals surface area contributed by atoms with Crippen molar-refractivity contribution in [3.8, 4) is 5.75 Å². The summed E-state index contributed by atoms with van der Waals surface area (Å²) >= 11 is 3.58. The van der Waals surface area contributed by atoms with Crippen LogP contribution < -0.4 is 10.1 Å². The molecule has 3 aromatic rings. The minimum atomic E-state index is -0.708. The standard InChI is InChI=1S/C32H39BrN2O3/c1-22(2)26-16-17-29(27(33)19-26)38-21-30(36)35(20-25-14-12-23(3)13-15-25)28(31(37)34-32(4,5)6)18-24-10-8-7-9-11-24/h7-17,19,22,28H,18,20-21H2,1-6H3,(H,34,37)/t28-/m0/s1. The quantitative estimate of drug-likeness (QED) is 0.287. The monoisotopic (exact) mass is 578 g/mol. The molecule has 0 aliphatic rings. The van der Waals surface area contributed by atoms with Crippen LogP contribution in [0.15, 0.2) is 77.3 Å². The number of hydrogen-bond acceptors (Lipinski definition) is 3. The van der Waals surface area contributed by atoms with Crippen molar-refractivity contribution in [3.63, 3.8) is 0 Å². The van der Waals surface area contributed by atoms with Gasteiger partial charge < -0.3 is 15.0 Å². The van der Waals surface area contributed by atoms with Crippen molar-refractivity contribution < 1.29 is 14.3 Å². The molecule has 0 aliphatic carbocycles. The number of carbonyl (C=O) groups excluding carboxylic acids is 2. The van der Waals surface area contributed by atoms with Gasteiger partial charge in [0.05, 0.1) is 4.47 Å². The predicted molar refractivity (Wildman–Crippen MR) is 157 cm³/mol. The normalized spacial score (nSPS) is 12.2. The molecular weight excluding hydrogens is 540 g/mol. The van der Waals surface area contributed by atoms with Crippen LogP contribution in [-0.4, -0.2) is 34.9 Å². The van der Waals surface area contributed by atoms with E-state index in [2.05, 4.69) is 35.1 Å². The summed E-state index contributed by atoms with van der Waals surface area (Å²) in [7, 11) is 0. The van der Waals surface area contributed by atoms with E-state index in [0.29, 0.717) is 24.6 Å². The van der Waals surface area contributed by atoms with E-state index in [1.54, 1.807) is 4.90 Å². The fraction of sp³-hybridized carbons (Fsp3) is 0.375. The summed E-state index contributed by atoms with van der Waals surface area (Å²) in [6.45, 7) is 12.2. The van der Waals surface area contributed by atoms with Crippen molar-refractivity contribution in [1.29, 1.82) is 0 Å². The molecule has 0 bridgehead atoms. The van der Waals surface area contributed by atoms with Gasteiger partial charge in [0.1, 0.15) is 11.8 Å². The van der Waals surface area contributed by atoms with Gasteiger partial charge in [-0.05, 0) is 78.4 Å². The molecule has 2 amide bonds. The van der Waals surface area contributed by atoms with Crippen molar-refractivity contribution in [2.45, 2.75) is 72.0 Å². The minimum Gasteiger partial charge on any atom is -0.483 e. The molecular formula is C32H39BrN2O3. The third kappa shape index (κ3) is 8.73. The molecule has 202 valence electrons. The summed E-state index contributed by atoms with van der Waals surface area (Å²) in [6.07, 6.45) is 0.396. The Kier molecular flexibility index (Phi) is 10.1. The fourth-order valence-corrected chi connectivity index (χ4v) is 4.62. The Morgan fingerprint density at radius 2 is 1.61 bits per heavy atom. The molecule has 0 aliphatic heterocycles. The maximum atomic E-state index is 13.8. The molecule has 0 heterocycles. The van der Waals surface area contributed by atoms with Crippen LogP contribution >= 0.6 is 15.9 Å². The Hall–Kier alpha value is -3.12. The van der Waals surface area contributed by atoms with E-state index in [9.17, 15) is 9.59 Å². The van der Waals surface area contributed by atoms with Gasteiger partial charge in [-0.2, -0.15) is 0 Å². The van der Waals surface area contributed by atoms with Crippen molar-refractivity contribution in [3.05, 3.63) is 99.5 Å². The summed E-state index contributed by atoms with van der Waals surface area (Å²) in [4.78, 5) is 29.1. The van der Waals surface area contributed by atoms with E-state index in [0.717, 1.165) is 21.2 Å². The van der Waals surface area contributed by atoms with Gasteiger partial charge in [-0.1, -0.05) is 80.1 Å². The summed E-state index contributed by atoms with van der Waals surface area (Å²) in [5, 5.41) is 3.09. The van der Waals surface area contributed by atoms with Crippen molar-refractivity contribution in [1.82, 2.24) is 10.2 Å². The van der Waals surface area contributed by atoms with E-state index < -0.39 is 11.6 Å². The molecule has 6 heteroatoms. The highest BCUT2D eigenvalue weighted by atomic mass is 79.9. The van der Waals surface area contributed by atoms with Crippen LogP contribution in [0.2, 0.25) is 0 Å². The number of aryl methyl sites for hydroxylation is 1. The topological polar surface area (TPSA) is 58.6 Å². The molecule has 0 saturated heterocycles. The highest BCUT2D eigenvalue weighted by molar-refractivity contribution is 9.10. The lowest BCUT2D eigenvalue weighted by molar-refractivity contribution is -0.143. The second kappa shape index (κ2) is 13.1. The van der Waals surface area contributed by atoms with Gasteiger partial charge in [0.15, 0.2) is 6.61 Å². The van der Waals surface area contributed by atoms with Crippen LogP contribution in [0, 0.1) is 6.92 Å². The molecule has 1 atom stereocenters. The van der Waals surface area contributed by atoms with Crippen molar-refractivity contribution in [2.75, 3.05) is 6.61 Å². The Labute approximate surface area is 235 Å². The second-order valence-electron chi connectivity index (χ2n) is 11.1. The Morgan fingerprint density at radius 1 is 0.947 bits per heavy atom. The van der Waals surface area contributed by atoms with Gasteiger partial charge in [-0.3, -0.25) is 9.59 Å². The molecule has 5 nitrogen and oxygen atoms in total. The smallest absolute Gasteiger partial charge is 0.261 e. The number of carbonyl (C=O) groups is 2. The van der Waals surface area contributed by atoms with Crippen LogP contribution in [0.5, 0.6) is 5.75 Å². The maximum Gasteiger partial charge on any atom is 0.261 e. The zero-order valence-electron chi connectivity index (χ0n) is 23.3. The van der Waals surface area contributed by atoms with Crippen LogP contribution in [0.25, 0.3) is 0 Å². The number of nitrogens with zero attached hydrogens (tertiary/aromatic N) is 1. The summed E-state index contributed by atoms with van der Waals surface area (Å²) < 4.78 is 6.78. The third-order valence-electron chi connectivity index (χ3n) is 6.22. The number of halogens is 1. The highest BCUT2D eigenvalue weighted by Gasteiger charge is 2.32. The van der Waals surface area contributed by atoms with E-state index in [1.165, 1.54) is 5.56 Å². The average molecular weight is 580 g/mol. The first-order chi connectivity index (χ1) is 17.9. The fourth-order valence-electron chi connectivity index (χ4n) is 4.11. The SMILES string of the molecule is Cc1ccc(CN(C(=O)COc2ccc(C(C)C)cc2Br)[C@@H](Cc2ccccc2)C(=O)NC(C)(C)C)cc1. The molecule has 3 aromatic carbocycles. The largest absolute Gasteiger partial charge is 0.483 e. The lowest BCUT2D eigenvalue weighted by atomic mass is 10.0. The zero-order chi connectivity index (χ0) is 27.9. The molecule has 0 saturated carbocycles. The van der Waals surface area contributed by atoms with Crippen LogP contribution in [0.3, 0.4) is 0 Å². The average Bonchev–Trinajstić information content (AvgIpc) is 2.85.